The summed E-state index contributed by atoms with van der Waals surface area (Å²) in [5.41, 5.74) is 6.82. The van der Waals surface area contributed by atoms with E-state index in [0.717, 1.165) is 12.0 Å². The van der Waals surface area contributed by atoms with Crippen LogP contribution in [0.25, 0.3) is 0 Å². The van der Waals surface area contributed by atoms with Crippen molar-refractivity contribution < 1.29 is 9.84 Å². The lowest BCUT2D eigenvalue weighted by molar-refractivity contribution is 0.371. The quantitative estimate of drug-likeness (QED) is 0.852. The van der Waals surface area contributed by atoms with Gasteiger partial charge in [-0.15, -0.1) is 0 Å². The Kier molecular flexibility index (Phi) is 2.41. The Bertz CT molecular complexity index is 367. The standard InChI is InChI=1S/C10H12BrNO2/c1-14-8-3-2-5(6-4-7(6)12)9(11)10(8)13/h2-3,6-7,13H,4,12H2,1H3. The Labute approximate surface area is 91.0 Å². The lowest BCUT2D eigenvalue weighted by atomic mass is 10.1. The summed E-state index contributed by atoms with van der Waals surface area (Å²) in [7, 11) is 1.53. The third kappa shape index (κ3) is 1.48. The van der Waals surface area contributed by atoms with Crippen LogP contribution in [0.4, 0.5) is 0 Å². The van der Waals surface area contributed by atoms with E-state index in [9.17, 15) is 5.11 Å². The van der Waals surface area contributed by atoms with Gasteiger partial charge in [0.1, 0.15) is 0 Å². The van der Waals surface area contributed by atoms with Crippen LogP contribution in [-0.2, 0) is 0 Å². The van der Waals surface area contributed by atoms with Crippen LogP contribution in [0, 0.1) is 0 Å². The smallest absolute Gasteiger partial charge is 0.172 e. The molecular formula is C10H12BrNO2. The largest absolute Gasteiger partial charge is 0.503 e. The number of rotatable bonds is 2. The van der Waals surface area contributed by atoms with Crippen molar-refractivity contribution in [2.24, 2.45) is 5.73 Å². The van der Waals surface area contributed by atoms with Crippen molar-refractivity contribution in [2.75, 3.05) is 7.11 Å². The fourth-order valence-corrected chi connectivity index (χ4v) is 2.21. The third-order valence-electron chi connectivity index (χ3n) is 2.57. The number of phenolic OH excluding ortho intramolecular Hbond substituents is 1. The van der Waals surface area contributed by atoms with E-state index in [1.54, 1.807) is 6.07 Å². The highest BCUT2D eigenvalue weighted by Gasteiger charge is 2.37. The molecule has 76 valence electrons. The number of benzene rings is 1. The van der Waals surface area contributed by atoms with Crippen LogP contribution in [0.15, 0.2) is 16.6 Å². The van der Waals surface area contributed by atoms with Gasteiger partial charge >= 0.3 is 0 Å². The molecule has 3 nitrogen and oxygen atoms in total. The van der Waals surface area contributed by atoms with Gasteiger partial charge in [-0.05, 0) is 34.0 Å². The molecule has 2 atom stereocenters. The summed E-state index contributed by atoms with van der Waals surface area (Å²) in [6.07, 6.45) is 0.990. The third-order valence-corrected chi connectivity index (χ3v) is 3.40. The van der Waals surface area contributed by atoms with Gasteiger partial charge < -0.3 is 15.6 Å². The molecule has 0 saturated heterocycles. The van der Waals surface area contributed by atoms with Gasteiger partial charge in [-0.25, -0.2) is 0 Å². The van der Waals surface area contributed by atoms with E-state index in [1.165, 1.54) is 7.11 Å². The van der Waals surface area contributed by atoms with Crippen LogP contribution in [-0.4, -0.2) is 18.3 Å². The Morgan fingerprint density at radius 2 is 2.21 bits per heavy atom. The topological polar surface area (TPSA) is 55.5 Å². The van der Waals surface area contributed by atoms with Gasteiger partial charge in [0, 0.05) is 12.0 Å². The molecule has 1 aliphatic carbocycles. The zero-order valence-corrected chi connectivity index (χ0v) is 9.41. The molecule has 0 amide bonds. The number of aromatic hydroxyl groups is 1. The Morgan fingerprint density at radius 1 is 1.57 bits per heavy atom. The SMILES string of the molecule is COc1ccc(C2CC2N)c(Br)c1O. The second kappa shape index (κ2) is 3.44. The zero-order chi connectivity index (χ0) is 10.3. The van der Waals surface area contributed by atoms with Crippen molar-refractivity contribution in [1.29, 1.82) is 0 Å². The molecule has 1 fully saturated rings. The molecule has 1 aromatic rings. The second-order valence-corrected chi connectivity index (χ2v) is 4.32. The molecule has 0 aliphatic heterocycles. The normalized spacial score (nSPS) is 24.8. The van der Waals surface area contributed by atoms with Crippen molar-refractivity contribution >= 4 is 15.9 Å². The fraction of sp³-hybridized carbons (Fsp3) is 0.400. The van der Waals surface area contributed by atoms with Crippen LogP contribution in [0.2, 0.25) is 0 Å². The monoisotopic (exact) mass is 257 g/mol. The molecule has 3 N–H and O–H groups in total. The molecule has 2 unspecified atom stereocenters. The maximum absolute atomic E-state index is 9.73. The Balaban J connectivity index is 2.39. The molecule has 0 heterocycles. The minimum atomic E-state index is 0.157. The second-order valence-electron chi connectivity index (χ2n) is 3.53. The first kappa shape index (κ1) is 9.80. The number of hydrogen-bond acceptors (Lipinski definition) is 3. The number of methoxy groups -OCH3 is 1. The molecule has 0 aromatic heterocycles. The number of ether oxygens (including phenoxy) is 1. The summed E-state index contributed by atoms with van der Waals surface area (Å²) >= 11 is 3.35. The predicted molar refractivity (Wildman–Crippen MR) is 57.7 cm³/mol. The van der Waals surface area contributed by atoms with Crippen molar-refractivity contribution in [1.82, 2.24) is 0 Å². The summed E-state index contributed by atoms with van der Waals surface area (Å²) in [6.45, 7) is 0. The minimum absolute atomic E-state index is 0.157. The van der Waals surface area contributed by atoms with E-state index in [1.807, 2.05) is 6.07 Å². The molecule has 0 bridgehead atoms. The minimum Gasteiger partial charge on any atom is -0.503 e. The van der Waals surface area contributed by atoms with Crippen molar-refractivity contribution in [3.8, 4) is 11.5 Å². The molecule has 2 rings (SSSR count). The molecule has 1 saturated carbocycles. The van der Waals surface area contributed by atoms with Gasteiger partial charge in [0.05, 0.1) is 11.6 Å². The van der Waals surface area contributed by atoms with E-state index >= 15 is 0 Å². The van der Waals surface area contributed by atoms with Crippen molar-refractivity contribution in [3.05, 3.63) is 22.2 Å². The predicted octanol–water partition coefficient (Wildman–Crippen LogP) is 1.98. The first-order chi connectivity index (χ1) is 6.65. The van der Waals surface area contributed by atoms with Gasteiger partial charge in [-0.2, -0.15) is 0 Å². The van der Waals surface area contributed by atoms with E-state index in [4.69, 9.17) is 10.5 Å². The summed E-state index contributed by atoms with van der Waals surface area (Å²) in [5.74, 6) is 1.01. The van der Waals surface area contributed by atoms with Crippen molar-refractivity contribution in [3.63, 3.8) is 0 Å². The van der Waals surface area contributed by atoms with Crippen LogP contribution >= 0.6 is 15.9 Å². The fourth-order valence-electron chi connectivity index (χ4n) is 1.59. The molecular weight excluding hydrogens is 246 g/mol. The molecule has 0 spiro atoms. The lowest BCUT2D eigenvalue weighted by Crippen LogP contribution is -2.01. The maximum Gasteiger partial charge on any atom is 0.172 e. The average molecular weight is 258 g/mol. The van der Waals surface area contributed by atoms with Gasteiger partial charge in [0.25, 0.3) is 0 Å². The first-order valence-corrected chi connectivity index (χ1v) is 5.25. The lowest BCUT2D eigenvalue weighted by Gasteiger charge is -2.09. The van der Waals surface area contributed by atoms with E-state index in [-0.39, 0.29) is 11.8 Å². The molecule has 1 aliphatic rings. The summed E-state index contributed by atoms with van der Waals surface area (Å²) in [4.78, 5) is 0. The van der Waals surface area contributed by atoms with Gasteiger partial charge in [0.15, 0.2) is 11.5 Å². The molecule has 14 heavy (non-hydrogen) atoms. The van der Waals surface area contributed by atoms with Gasteiger partial charge in [0.2, 0.25) is 0 Å². The Hall–Kier alpha value is -0.740. The molecule has 0 radical (unpaired) electrons. The van der Waals surface area contributed by atoms with Crippen LogP contribution in [0.3, 0.4) is 0 Å². The summed E-state index contributed by atoms with van der Waals surface area (Å²) in [6, 6.07) is 3.94. The molecule has 4 heteroatoms. The van der Waals surface area contributed by atoms with Crippen molar-refractivity contribution in [2.45, 2.75) is 18.4 Å². The highest BCUT2D eigenvalue weighted by molar-refractivity contribution is 9.10. The van der Waals surface area contributed by atoms with Crippen LogP contribution < -0.4 is 10.5 Å². The number of phenols is 1. The number of nitrogens with two attached hydrogens (primary N) is 1. The number of hydrogen-bond donors (Lipinski definition) is 2. The average Bonchev–Trinajstić information content (AvgIpc) is 2.87. The van der Waals surface area contributed by atoms with Gasteiger partial charge in [-0.3, -0.25) is 0 Å². The van der Waals surface area contributed by atoms with Gasteiger partial charge in [-0.1, -0.05) is 6.07 Å². The van der Waals surface area contributed by atoms with E-state index in [0.29, 0.717) is 16.1 Å². The van der Waals surface area contributed by atoms with Crippen LogP contribution in [0.1, 0.15) is 17.9 Å². The van der Waals surface area contributed by atoms with E-state index in [2.05, 4.69) is 15.9 Å². The first-order valence-electron chi connectivity index (χ1n) is 4.46. The zero-order valence-electron chi connectivity index (χ0n) is 7.83. The highest BCUT2D eigenvalue weighted by atomic mass is 79.9. The summed E-state index contributed by atoms with van der Waals surface area (Å²) < 4.78 is 5.70. The number of halogens is 1. The van der Waals surface area contributed by atoms with E-state index < -0.39 is 0 Å². The Morgan fingerprint density at radius 3 is 2.71 bits per heavy atom. The highest BCUT2D eigenvalue weighted by Crippen LogP contribution is 2.47. The van der Waals surface area contributed by atoms with Crippen LogP contribution in [0.5, 0.6) is 11.5 Å². The maximum atomic E-state index is 9.73. The summed E-state index contributed by atoms with van der Waals surface area (Å²) in [5, 5.41) is 9.73. The molecule has 1 aromatic carbocycles.